The predicted octanol–water partition coefficient (Wildman–Crippen LogP) is 1.02. The molecule has 0 atom stereocenters. The third-order valence-corrected chi connectivity index (χ3v) is 2.13. The van der Waals surface area contributed by atoms with Crippen molar-refractivity contribution >= 4 is 5.91 Å². The highest BCUT2D eigenvalue weighted by Crippen LogP contribution is 2.17. The summed E-state index contributed by atoms with van der Waals surface area (Å²) in [6.45, 7) is 0.897. The summed E-state index contributed by atoms with van der Waals surface area (Å²) in [5.74, 6) is -1.99. The van der Waals surface area contributed by atoms with Crippen LogP contribution >= 0.6 is 0 Å². The summed E-state index contributed by atoms with van der Waals surface area (Å²) in [6, 6.07) is 2.93. The number of amides is 1. The molecule has 1 aromatic carbocycles. The van der Waals surface area contributed by atoms with E-state index in [0.717, 1.165) is 12.1 Å². The van der Waals surface area contributed by atoms with Gasteiger partial charge in [-0.1, -0.05) is 0 Å². The van der Waals surface area contributed by atoms with Gasteiger partial charge in [-0.2, -0.15) is 0 Å². The van der Waals surface area contributed by atoms with E-state index in [9.17, 15) is 13.6 Å². The lowest BCUT2D eigenvalue weighted by molar-refractivity contribution is -0.123. The molecule has 0 spiro atoms. The molecule has 0 unspecified atom stereocenters. The van der Waals surface area contributed by atoms with Gasteiger partial charge in [-0.05, 0) is 26.2 Å². The standard InChI is InChI=1S/C12H16F2N2O2/c1-16(2)6-5-15-12(17)8-18-11-4-3-9(13)7-10(11)14/h3-4,7H,5-6,8H2,1-2H3,(H,15,17). The van der Waals surface area contributed by atoms with Crippen LogP contribution in [0.1, 0.15) is 0 Å². The molecular formula is C12H16F2N2O2. The van der Waals surface area contributed by atoms with Crippen molar-refractivity contribution in [2.75, 3.05) is 33.8 Å². The molecule has 0 aromatic heterocycles. The molecule has 0 saturated carbocycles. The summed E-state index contributed by atoms with van der Waals surface area (Å²) in [6.07, 6.45) is 0. The van der Waals surface area contributed by atoms with Crippen LogP contribution in [0.15, 0.2) is 18.2 Å². The molecule has 4 nitrogen and oxygen atoms in total. The molecule has 0 fully saturated rings. The molecule has 1 amide bonds. The van der Waals surface area contributed by atoms with E-state index < -0.39 is 11.6 Å². The van der Waals surface area contributed by atoms with Crippen LogP contribution in [-0.2, 0) is 4.79 Å². The van der Waals surface area contributed by atoms with Gasteiger partial charge in [0, 0.05) is 19.2 Å². The second kappa shape index (κ2) is 6.90. The highest BCUT2D eigenvalue weighted by Gasteiger charge is 2.07. The number of nitrogens with zero attached hydrogens (tertiary/aromatic N) is 1. The van der Waals surface area contributed by atoms with Crippen molar-refractivity contribution in [3.63, 3.8) is 0 Å². The largest absolute Gasteiger partial charge is 0.481 e. The molecule has 0 aliphatic rings. The molecule has 0 aliphatic carbocycles. The Bertz CT molecular complexity index is 411. The molecule has 1 rings (SSSR count). The van der Waals surface area contributed by atoms with Crippen LogP contribution in [0.4, 0.5) is 8.78 Å². The van der Waals surface area contributed by atoms with Crippen LogP contribution in [0.2, 0.25) is 0 Å². The van der Waals surface area contributed by atoms with Gasteiger partial charge in [-0.15, -0.1) is 0 Å². The van der Waals surface area contributed by atoms with Crippen molar-refractivity contribution in [2.45, 2.75) is 0 Å². The van der Waals surface area contributed by atoms with Gasteiger partial charge >= 0.3 is 0 Å². The molecule has 6 heteroatoms. The van der Waals surface area contributed by atoms with Crippen molar-refractivity contribution in [1.82, 2.24) is 10.2 Å². The van der Waals surface area contributed by atoms with Crippen LogP contribution < -0.4 is 10.1 Å². The Morgan fingerprint density at radius 2 is 2.11 bits per heavy atom. The number of carbonyl (C=O) groups is 1. The zero-order valence-electron chi connectivity index (χ0n) is 10.4. The van der Waals surface area contributed by atoms with Crippen molar-refractivity contribution < 1.29 is 18.3 Å². The minimum Gasteiger partial charge on any atom is -0.481 e. The monoisotopic (exact) mass is 258 g/mol. The first-order valence-corrected chi connectivity index (χ1v) is 5.48. The molecule has 1 aromatic rings. The van der Waals surface area contributed by atoms with Gasteiger partial charge in [-0.3, -0.25) is 4.79 Å². The number of hydrogen-bond acceptors (Lipinski definition) is 3. The van der Waals surface area contributed by atoms with Crippen LogP contribution in [-0.4, -0.2) is 44.6 Å². The lowest BCUT2D eigenvalue weighted by Crippen LogP contribution is -2.34. The Kier molecular flexibility index (Phi) is 5.51. The molecular weight excluding hydrogens is 242 g/mol. The van der Waals surface area contributed by atoms with E-state index in [1.54, 1.807) is 0 Å². The zero-order chi connectivity index (χ0) is 13.5. The summed E-state index contributed by atoms with van der Waals surface area (Å²) in [5, 5.41) is 2.61. The Morgan fingerprint density at radius 3 is 2.72 bits per heavy atom. The van der Waals surface area contributed by atoms with E-state index in [1.165, 1.54) is 0 Å². The summed E-state index contributed by atoms with van der Waals surface area (Å²) < 4.78 is 30.7. The van der Waals surface area contributed by atoms with Crippen LogP contribution in [0.3, 0.4) is 0 Å². The second-order valence-electron chi connectivity index (χ2n) is 4.02. The molecule has 0 aliphatic heterocycles. The Hall–Kier alpha value is -1.69. The average Bonchev–Trinajstić information content (AvgIpc) is 2.27. The first kappa shape index (κ1) is 14.4. The Labute approximate surface area is 105 Å². The van der Waals surface area contributed by atoms with Crippen LogP contribution in [0, 0.1) is 11.6 Å². The summed E-state index contributed by atoms with van der Waals surface area (Å²) in [5.41, 5.74) is 0. The first-order valence-electron chi connectivity index (χ1n) is 5.48. The highest BCUT2D eigenvalue weighted by atomic mass is 19.1. The lowest BCUT2D eigenvalue weighted by atomic mass is 10.3. The number of carbonyl (C=O) groups excluding carboxylic acids is 1. The highest BCUT2D eigenvalue weighted by molar-refractivity contribution is 5.77. The normalized spacial score (nSPS) is 10.5. The lowest BCUT2D eigenvalue weighted by Gasteiger charge is -2.11. The molecule has 0 radical (unpaired) electrons. The number of halogens is 2. The molecule has 0 heterocycles. The fraction of sp³-hybridized carbons (Fsp3) is 0.417. The van der Waals surface area contributed by atoms with Gasteiger partial charge < -0.3 is 15.0 Å². The van der Waals surface area contributed by atoms with E-state index >= 15 is 0 Å². The Morgan fingerprint density at radius 1 is 1.39 bits per heavy atom. The quantitative estimate of drug-likeness (QED) is 0.828. The minimum atomic E-state index is -0.823. The topological polar surface area (TPSA) is 41.6 Å². The maximum atomic E-state index is 13.2. The summed E-state index contributed by atoms with van der Waals surface area (Å²) in [7, 11) is 3.77. The minimum absolute atomic E-state index is 0.140. The van der Waals surface area contributed by atoms with E-state index in [4.69, 9.17) is 4.74 Å². The average molecular weight is 258 g/mol. The first-order chi connectivity index (χ1) is 8.49. The van der Waals surface area contributed by atoms with Crippen molar-refractivity contribution in [2.24, 2.45) is 0 Å². The zero-order valence-corrected chi connectivity index (χ0v) is 10.4. The van der Waals surface area contributed by atoms with Gasteiger partial charge in [0.2, 0.25) is 0 Å². The molecule has 0 saturated heterocycles. The van der Waals surface area contributed by atoms with Crippen molar-refractivity contribution in [3.05, 3.63) is 29.8 Å². The third kappa shape index (κ3) is 5.09. The van der Waals surface area contributed by atoms with Crippen molar-refractivity contribution in [1.29, 1.82) is 0 Å². The van der Waals surface area contributed by atoms with Gasteiger partial charge in [0.1, 0.15) is 5.82 Å². The predicted molar refractivity (Wildman–Crippen MR) is 63.4 cm³/mol. The number of rotatable bonds is 6. The number of benzene rings is 1. The van der Waals surface area contributed by atoms with E-state index in [-0.39, 0.29) is 18.3 Å². The van der Waals surface area contributed by atoms with Gasteiger partial charge in [0.15, 0.2) is 18.2 Å². The molecule has 100 valence electrons. The van der Waals surface area contributed by atoms with E-state index in [0.29, 0.717) is 19.2 Å². The molecule has 0 bridgehead atoms. The molecule has 18 heavy (non-hydrogen) atoms. The number of likely N-dealkylation sites (N-methyl/N-ethyl adjacent to an activating group) is 1. The third-order valence-electron chi connectivity index (χ3n) is 2.13. The van der Waals surface area contributed by atoms with Gasteiger partial charge in [0.25, 0.3) is 5.91 Å². The molecule has 1 N–H and O–H groups in total. The Balaban J connectivity index is 2.33. The van der Waals surface area contributed by atoms with Gasteiger partial charge in [-0.25, -0.2) is 8.78 Å². The number of nitrogens with one attached hydrogen (secondary N) is 1. The number of ether oxygens (including phenoxy) is 1. The smallest absolute Gasteiger partial charge is 0.257 e. The van der Waals surface area contributed by atoms with E-state index in [1.807, 2.05) is 19.0 Å². The van der Waals surface area contributed by atoms with Gasteiger partial charge in [0.05, 0.1) is 0 Å². The maximum Gasteiger partial charge on any atom is 0.257 e. The van der Waals surface area contributed by atoms with E-state index in [2.05, 4.69) is 5.32 Å². The SMILES string of the molecule is CN(C)CCNC(=O)COc1ccc(F)cc1F. The van der Waals surface area contributed by atoms with Crippen molar-refractivity contribution in [3.8, 4) is 5.75 Å². The van der Waals surface area contributed by atoms with Crippen LogP contribution in [0.5, 0.6) is 5.75 Å². The fourth-order valence-corrected chi connectivity index (χ4v) is 1.21. The number of hydrogen-bond donors (Lipinski definition) is 1. The maximum absolute atomic E-state index is 13.2. The summed E-state index contributed by atoms with van der Waals surface area (Å²) >= 11 is 0. The summed E-state index contributed by atoms with van der Waals surface area (Å²) in [4.78, 5) is 13.2. The van der Waals surface area contributed by atoms with Crippen LogP contribution in [0.25, 0.3) is 0 Å². The second-order valence-corrected chi connectivity index (χ2v) is 4.02. The fourth-order valence-electron chi connectivity index (χ4n) is 1.21.